The van der Waals surface area contributed by atoms with Gasteiger partial charge in [0, 0.05) is 13.1 Å². The van der Waals surface area contributed by atoms with Gasteiger partial charge < -0.3 is 4.90 Å². The number of likely N-dealkylation sites (tertiary alicyclic amines) is 1. The van der Waals surface area contributed by atoms with Crippen molar-refractivity contribution in [2.75, 3.05) is 40.3 Å². The first-order valence-corrected chi connectivity index (χ1v) is 7.88. The van der Waals surface area contributed by atoms with Gasteiger partial charge in [0.1, 0.15) is 4.34 Å². The summed E-state index contributed by atoms with van der Waals surface area (Å²) in [6.45, 7) is 3.61. The van der Waals surface area contributed by atoms with E-state index in [0.717, 1.165) is 19.6 Å². The van der Waals surface area contributed by atoms with Crippen LogP contribution in [0.2, 0.25) is 8.67 Å². The van der Waals surface area contributed by atoms with Crippen molar-refractivity contribution in [1.82, 2.24) is 9.80 Å². The lowest BCUT2D eigenvalue weighted by atomic mass is 10.1. The van der Waals surface area contributed by atoms with Crippen LogP contribution in [0.25, 0.3) is 0 Å². The smallest absolute Gasteiger partial charge is 0.179 e. The highest BCUT2D eigenvalue weighted by Gasteiger charge is 2.22. The van der Waals surface area contributed by atoms with E-state index in [9.17, 15) is 4.79 Å². The first-order chi connectivity index (χ1) is 8.95. The summed E-state index contributed by atoms with van der Waals surface area (Å²) in [4.78, 5) is 16.5. The Bertz CT molecular complexity index is 463. The van der Waals surface area contributed by atoms with Crippen molar-refractivity contribution in [2.24, 2.45) is 5.92 Å². The molecule has 2 heterocycles. The molecular weight excluding hydrogens is 303 g/mol. The van der Waals surface area contributed by atoms with Crippen LogP contribution in [0.15, 0.2) is 6.07 Å². The van der Waals surface area contributed by atoms with Crippen molar-refractivity contribution in [3.05, 3.63) is 20.3 Å². The summed E-state index contributed by atoms with van der Waals surface area (Å²) < 4.78 is 1.05. The average molecular weight is 321 g/mol. The summed E-state index contributed by atoms with van der Waals surface area (Å²) in [5.74, 6) is 0.700. The zero-order chi connectivity index (χ0) is 14.0. The Balaban J connectivity index is 1.86. The van der Waals surface area contributed by atoms with Crippen LogP contribution in [0, 0.1) is 5.92 Å². The average Bonchev–Trinajstić information content (AvgIpc) is 2.84. The van der Waals surface area contributed by atoms with E-state index in [4.69, 9.17) is 23.2 Å². The van der Waals surface area contributed by atoms with Gasteiger partial charge in [-0.2, -0.15) is 0 Å². The molecule has 2 rings (SSSR count). The summed E-state index contributed by atoms with van der Waals surface area (Å²) in [5.41, 5.74) is 0.548. The lowest BCUT2D eigenvalue weighted by Crippen LogP contribution is -2.31. The Labute approximate surface area is 128 Å². The van der Waals surface area contributed by atoms with E-state index in [1.807, 2.05) is 7.05 Å². The number of carbonyl (C=O) groups is 1. The molecule has 106 valence electrons. The van der Waals surface area contributed by atoms with Gasteiger partial charge in [-0.25, -0.2) is 0 Å². The second-order valence-electron chi connectivity index (χ2n) is 5.27. The fourth-order valence-electron chi connectivity index (χ4n) is 2.54. The predicted octanol–water partition coefficient (Wildman–Crippen LogP) is 3.12. The quantitative estimate of drug-likeness (QED) is 0.779. The van der Waals surface area contributed by atoms with Crippen LogP contribution in [0.3, 0.4) is 0 Å². The molecule has 19 heavy (non-hydrogen) atoms. The van der Waals surface area contributed by atoms with Gasteiger partial charge in [0.25, 0.3) is 0 Å². The number of halogens is 2. The van der Waals surface area contributed by atoms with Crippen LogP contribution in [0.5, 0.6) is 0 Å². The zero-order valence-corrected chi connectivity index (χ0v) is 13.5. The number of likely N-dealkylation sites (N-methyl/N-ethyl adjacent to an activating group) is 1. The van der Waals surface area contributed by atoms with Gasteiger partial charge in [0.15, 0.2) is 5.78 Å². The van der Waals surface area contributed by atoms with E-state index in [2.05, 4.69) is 16.8 Å². The molecule has 1 saturated heterocycles. The molecule has 1 aliphatic rings. The Morgan fingerprint density at radius 2 is 2.32 bits per heavy atom. The van der Waals surface area contributed by atoms with Crippen LogP contribution in [-0.4, -0.2) is 55.9 Å². The second kappa shape index (κ2) is 6.55. The molecule has 1 atom stereocenters. The predicted molar refractivity (Wildman–Crippen MR) is 81.8 cm³/mol. The SMILES string of the molecule is CN1CCC(CN(C)CC(=O)c2cc(Cl)sc2Cl)C1. The third-order valence-electron chi connectivity index (χ3n) is 3.43. The number of hydrogen-bond acceptors (Lipinski definition) is 4. The van der Waals surface area contributed by atoms with Crippen LogP contribution in [0.1, 0.15) is 16.8 Å². The van der Waals surface area contributed by atoms with Crippen molar-refractivity contribution in [1.29, 1.82) is 0 Å². The van der Waals surface area contributed by atoms with Gasteiger partial charge in [-0.05, 0) is 39.0 Å². The molecule has 0 aliphatic carbocycles. The van der Waals surface area contributed by atoms with Crippen LogP contribution in [-0.2, 0) is 0 Å². The van der Waals surface area contributed by atoms with E-state index in [0.29, 0.717) is 26.7 Å². The Kier molecular flexibility index (Phi) is 5.26. The van der Waals surface area contributed by atoms with Crippen molar-refractivity contribution < 1.29 is 4.79 Å². The minimum atomic E-state index is 0.0435. The van der Waals surface area contributed by atoms with Crippen molar-refractivity contribution >= 4 is 40.3 Å². The number of carbonyl (C=O) groups excluding carboxylic acids is 1. The Morgan fingerprint density at radius 1 is 1.58 bits per heavy atom. The summed E-state index contributed by atoms with van der Waals surface area (Å²) in [6.07, 6.45) is 1.21. The molecule has 0 saturated carbocycles. The third kappa shape index (κ3) is 4.17. The zero-order valence-electron chi connectivity index (χ0n) is 11.2. The van der Waals surface area contributed by atoms with Gasteiger partial charge in [0.2, 0.25) is 0 Å². The first-order valence-electron chi connectivity index (χ1n) is 6.31. The fourth-order valence-corrected chi connectivity index (χ4v) is 4.04. The largest absolute Gasteiger partial charge is 0.306 e. The maximum absolute atomic E-state index is 12.1. The molecule has 0 aromatic carbocycles. The van der Waals surface area contributed by atoms with E-state index in [1.165, 1.54) is 17.8 Å². The summed E-state index contributed by atoms with van der Waals surface area (Å²) >= 11 is 13.1. The lowest BCUT2D eigenvalue weighted by molar-refractivity contribution is 0.0939. The van der Waals surface area contributed by atoms with Crippen LogP contribution < -0.4 is 0 Å². The molecular formula is C13H18Cl2N2OS. The fraction of sp³-hybridized carbons (Fsp3) is 0.615. The topological polar surface area (TPSA) is 23.6 Å². The third-order valence-corrected chi connectivity index (χ3v) is 4.92. The van der Waals surface area contributed by atoms with Crippen LogP contribution in [0.4, 0.5) is 0 Å². The molecule has 1 fully saturated rings. The number of thiophene rings is 1. The number of Topliss-reactive ketones (excluding diaryl/α,β-unsaturated/α-hetero) is 1. The number of ketones is 1. The molecule has 1 aromatic rings. The van der Waals surface area contributed by atoms with Crippen LogP contribution >= 0.6 is 34.5 Å². The van der Waals surface area contributed by atoms with Crippen molar-refractivity contribution in [3.63, 3.8) is 0 Å². The monoisotopic (exact) mass is 320 g/mol. The number of nitrogens with zero attached hydrogens (tertiary/aromatic N) is 2. The van der Waals surface area contributed by atoms with E-state index >= 15 is 0 Å². The number of hydrogen-bond donors (Lipinski definition) is 0. The van der Waals surface area contributed by atoms with E-state index in [1.54, 1.807) is 6.07 Å². The highest BCUT2D eigenvalue weighted by atomic mass is 35.5. The first kappa shape index (κ1) is 15.3. The highest BCUT2D eigenvalue weighted by Crippen LogP contribution is 2.31. The van der Waals surface area contributed by atoms with Gasteiger partial charge in [-0.3, -0.25) is 9.69 Å². The van der Waals surface area contributed by atoms with Gasteiger partial charge in [-0.15, -0.1) is 11.3 Å². The molecule has 0 spiro atoms. The summed E-state index contributed by atoms with van der Waals surface area (Å²) in [7, 11) is 4.12. The molecule has 0 amide bonds. The van der Waals surface area contributed by atoms with Gasteiger partial charge in [0.05, 0.1) is 16.4 Å². The molecule has 0 bridgehead atoms. The van der Waals surface area contributed by atoms with E-state index in [-0.39, 0.29) is 5.78 Å². The molecule has 6 heteroatoms. The Morgan fingerprint density at radius 3 is 2.84 bits per heavy atom. The summed E-state index contributed by atoms with van der Waals surface area (Å²) in [5, 5.41) is 0. The summed E-state index contributed by atoms with van der Waals surface area (Å²) in [6, 6.07) is 1.66. The number of rotatable bonds is 5. The molecule has 0 radical (unpaired) electrons. The highest BCUT2D eigenvalue weighted by molar-refractivity contribution is 7.20. The maximum atomic E-state index is 12.1. The minimum absolute atomic E-state index is 0.0435. The van der Waals surface area contributed by atoms with E-state index < -0.39 is 0 Å². The molecule has 1 unspecified atom stereocenters. The molecule has 1 aromatic heterocycles. The Hall–Kier alpha value is -0.130. The molecule has 3 nitrogen and oxygen atoms in total. The second-order valence-corrected chi connectivity index (χ2v) is 7.56. The molecule has 1 aliphatic heterocycles. The lowest BCUT2D eigenvalue weighted by Gasteiger charge is -2.20. The standard InChI is InChI=1S/C13H18Cl2N2OS/c1-16-4-3-9(6-16)7-17(2)8-11(18)10-5-12(14)19-13(10)15/h5,9H,3-4,6-8H2,1-2H3. The van der Waals surface area contributed by atoms with Crippen molar-refractivity contribution in [2.45, 2.75) is 6.42 Å². The van der Waals surface area contributed by atoms with Gasteiger partial charge in [-0.1, -0.05) is 23.2 Å². The maximum Gasteiger partial charge on any atom is 0.179 e. The minimum Gasteiger partial charge on any atom is -0.306 e. The molecule has 0 N–H and O–H groups in total. The van der Waals surface area contributed by atoms with Gasteiger partial charge >= 0.3 is 0 Å². The normalized spacial score (nSPS) is 20.4. The van der Waals surface area contributed by atoms with Crippen molar-refractivity contribution in [3.8, 4) is 0 Å².